The fraction of sp³-hybridized carbons (Fsp3) is 0.550. The van der Waals surface area contributed by atoms with Crippen molar-refractivity contribution in [1.29, 1.82) is 0 Å². The molecule has 2 aromatic rings. The number of hydrogen-bond donors (Lipinski definition) is 8. The number of aryl methyl sites for hydroxylation is 1. The summed E-state index contributed by atoms with van der Waals surface area (Å²) in [4.78, 5) is 78.8. The molecule has 2 aromatic carbocycles. The van der Waals surface area contributed by atoms with E-state index >= 15 is 0 Å². The fourth-order valence-corrected chi connectivity index (χ4v) is 5.91. The smallest absolute Gasteiger partial charge is 0.251 e. The highest BCUT2D eigenvalue weighted by Gasteiger charge is 2.49. The third-order valence-corrected chi connectivity index (χ3v) is 9.58. The average molecular weight is 766 g/mol. The molecule has 10 N–H and O–H groups in total. The number of aliphatic hydroxyl groups excluding tert-OH is 1. The van der Waals surface area contributed by atoms with E-state index in [-0.39, 0.29) is 31.8 Å². The molecule has 5 amide bonds. The van der Waals surface area contributed by atoms with Gasteiger partial charge in [0.15, 0.2) is 5.78 Å². The van der Waals surface area contributed by atoms with Gasteiger partial charge in [0.25, 0.3) is 5.91 Å². The number of Topliss-reactive ketones (excluding diaryl/α,β-unsaturated/α-hetero) is 1. The molecule has 0 aromatic heterocycles. The Morgan fingerprint density at radius 1 is 0.709 bits per heavy atom. The molecule has 7 atom stereocenters. The molecule has 55 heavy (non-hydrogen) atoms. The van der Waals surface area contributed by atoms with Crippen LogP contribution in [0.3, 0.4) is 0 Å². The average Bonchev–Trinajstić information content (AvgIpc) is 3.92. The molecule has 302 valence electrons. The van der Waals surface area contributed by atoms with E-state index in [0.717, 1.165) is 30.4 Å². The Labute approximate surface area is 323 Å². The molecule has 0 bridgehead atoms. The fourth-order valence-electron chi connectivity index (χ4n) is 5.91. The van der Waals surface area contributed by atoms with Gasteiger partial charge < -0.3 is 47.9 Å². The number of carbonyl (C=O) groups is 6. The minimum atomic E-state index is -1.51. The van der Waals surface area contributed by atoms with Crippen molar-refractivity contribution in [1.82, 2.24) is 26.6 Å². The van der Waals surface area contributed by atoms with Crippen LogP contribution in [-0.2, 0) is 35.1 Å². The van der Waals surface area contributed by atoms with Crippen LogP contribution in [0, 0.1) is 0 Å². The van der Waals surface area contributed by atoms with Gasteiger partial charge in [-0.25, -0.2) is 0 Å². The SMILES string of the molecule is CCCCc1ccc(-c2ccc(C(=O)N[C@@H](CCN)C(=O)N[C@H](C(=O)N[C@@H](C)C(=O)N[C@@H](CCCCN)C(=O)N[C@@H](C)C(=O)C3(C)CO3)[C@@H](C)O)cc2)cc1. The lowest BCUT2D eigenvalue weighted by Crippen LogP contribution is -2.60. The molecule has 1 saturated heterocycles. The van der Waals surface area contributed by atoms with Crippen LogP contribution in [0.5, 0.6) is 0 Å². The molecular weight excluding hydrogens is 706 g/mol. The molecular formula is C40H59N7O8. The number of nitrogens with one attached hydrogen (secondary N) is 5. The Morgan fingerprint density at radius 3 is 1.82 bits per heavy atom. The maximum absolute atomic E-state index is 13.4. The van der Waals surface area contributed by atoms with E-state index < -0.39 is 71.5 Å². The lowest BCUT2D eigenvalue weighted by atomic mass is 10.0. The van der Waals surface area contributed by atoms with Crippen LogP contribution in [0.4, 0.5) is 0 Å². The first-order chi connectivity index (χ1) is 26.1. The number of ketones is 1. The van der Waals surface area contributed by atoms with E-state index in [0.29, 0.717) is 24.9 Å². The largest absolute Gasteiger partial charge is 0.391 e. The van der Waals surface area contributed by atoms with Crippen molar-refractivity contribution in [3.8, 4) is 11.1 Å². The summed E-state index contributed by atoms with van der Waals surface area (Å²) in [6.45, 7) is 8.68. The molecule has 1 fully saturated rings. The molecule has 1 unspecified atom stereocenters. The van der Waals surface area contributed by atoms with Crippen LogP contribution in [0.1, 0.15) is 89.1 Å². The van der Waals surface area contributed by atoms with E-state index in [2.05, 4.69) is 45.6 Å². The van der Waals surface area contributed by atoms with Gasteiger partial charge in [-0.3, -0.25) is 28.8 Å². The second-order valence-corrected chi connectivity index (χ2v) is 14.4. The predicted octanol–water partition coefficient (Wildman–Crippen LogP) is 0.990. The second-order valence-electron chi connectivity index (χ2n) is 14.4. The summed E-state index contributed by atoms with van der Waals surface area (Å²) >= 11 is 0. The molecule has 1 aliphatic rings. The van der Waals surface area contributed by atoms with Crippen LogP contribution in [-0.4, -0.2) is 102 Å². The third kappa shape index (κ3) is 13.5. The Balaban J connectivity index is 1.61. The third-order valence-electron chi connectivity index (χ3n) is 9.58. The van der Waals surface area contributed by atoms with Crippen molar-refractivity contribution < 1.29 is 38.6 Å². The molecule has 0 radical (unpaired) electrons. The number of hydrogen-bond acceptors (Lipinski definition) is 10. The quantitative estimate of drug-likeness (QED) is 0.0589. The van der Waals surface area contributed by atoms with E-state index in [4.69, 9.17) is 16.2 Å². The second kappa shape index (κ2) is 21.4. The Bertz CT molecular complexity index is 1610. The van der Waals surface area contributed by atoms with Gasteiger partial charge in [-0.15, -0.1) is 0 Å². The maximum atomic E-state index is 13.4. The van der Waals surface area contributed by atoms with Crippen molar-refractivity contribution >= 4 is 35.3 Å². The number of aliphatic hydroxyl groups is 1. The van der Waals surface area contributed by atoms with Gasteiger partial charge in [0.1, 0.15) is 29.8 Å². The lowest BCUT2D eigenvalue weighted by Gasteiger charge is -2.27. The molecule has 1 aliphatic heterocycles. The van der Waals surface area contributed by atoms with Gasteiger partial charge in [0, 0.05) is 5.56 Å². The zero-order valence-electron chi connectivity index (χ0n) is 32.6. The van der Waals surface area contributed by atoms with Gasteiger partial charge >= 0.3 is 0 Å². The number of carbonyl (C=O) groups excluding carboxylic acids is 6. The molecule has 0 aliphatic carbocycles. The molecule has 0 spiro atoms. The van der Waals surface area contributed by atoms with Crippen molar-refractivity contribution in [2.45, 2.75) is 121 Å². The Morgan fingerprint density at radius 2 is 1.27 bits per heavy atom. The summed E-state index contributed by atoms with van der Waals surface area (Å²) in [5.41, 5.74) is 13.9. The number of benzene rings is 2. The summed E-state index contributed by atoms with van der Waals surface area (Å²) in [6, 6.07) is 9.49. The minimum absolute atomic E-state index is 0.0361. The predicted molar refractivity (Wildman–Crippen MR) is 208 cm³/mol. The molecule has 3 rings (SSSR count). The van der Waals surface area contributed by atoms with E-state index in [9.17, 15) is 33.9 Å². The zero-order chi connectivity index (χ0) is 40.7. The number of epoxide rings is 1. The van der Waals surface area contributed by atoms with E-state index in [1.165, 1.54) is 26.3 Å². The van der Waals surface area contributed by atoms with Crippen LogP contribution in [0.25, 0.3) is 11.1 Å². The molecule has 0 saturated carbocycles. The summed E-state index contributed by atoms with van der Waals surface area (Å²) in [6.07, 6.45) is 3.24. The monoisotopic (exact) mass is 765 g/mol. The van der Waals surface area contributed by atoms with Crippen LogP contribution < -0.4 is 38.1 Å². The Hall–Kier alpha value is -4.70. The summed E-state index contributed by atoms with van der Waals surface area (Å²) < 4.78 is 5.19. The molecule has 1 heterocycles. The van der Waals surface area contributed by atoms with Crippen molar-refractivity contribution in [3.05, 3.63) is 59.7 Å². The standard InChI is InChI=1S/C40H59N7O8/c1-6-7-10-27-12-14-28(15-13-27)29-16-18-30(19-17-29)36(51)46-32(20-22-42)38(53)47-33(26(4)48)39(54)44-25(3)35(50)45-31(11-8-9-21-41)37(52)43-24(2)34(49)40(5)23-55-40/h12-19,24-26,31-33,48H,6-11,20-23,41-42H2,1-5H3,(H,43,52)(H,44,54)(H,45,50)(H,46,51)(H,47,53)/t24-,25-,26+,31-,32-,33-,40?/m0/s1. The van der Waals surface area contributed by atoms with E-state index in [1.54, 1.807) is 19.1 Å². The van der Waals surface area contributed by atoms with Gasteiger partial charge in [-0.2, -0.15) is 0 Å². The first-order valence-corrected chi connectivity index (χ1v) is 19.1. The highest BCUT2D eigenvalue weighted by atomic mass is 16.6. The highest BCUT2D eigenvalue weighted by molar-refractivity contribution is 6.00. The van der Waals surface area contributed by atoms with Crippen molar-refractivity contribution in [2.75, 3.05) is 19.7 Å². The van der Waals surface area contributed by atoms with Gasteiger partial charge in [-0.1, -0.05) is 49.7 Å². The van der Waals surface area contributed by atoms with Crippen LogP contribution in [0.2, 0.25) is 0 Å². The molecule has 15 heteroatoms. The van der Waals surface area contributed by atoms with Gasteiger partial charge in [0.2, 0.25) is 23.6 Å². The van der Waals surface area contributed by atoms with Crippen molar-refractivity contribution in [3.63, 3.8) is 0 Å². The number of ether oxygens (including phenoxy) is 1. The number of nitrogens with two attached hydrogens (primary N) is 2. The van der Waals surface area contributed by atoms with Gasteiger partial charge in [-0.05, 0) is 108 Å². The summed E-state index contributed by atoms with van der Waals surface area (Å²) in [7, 11) is 0. The number of unbranched alkanes of at least 4 members (excludes halogenated alkanes) is 2. The van der Waals surface area contributed by atoms with E-state index in [1.807, 2.05) is 24.3 Å². The summed E-state index contributed by atoms with van der Waals surface area (Å²) in [5, 5.41) is 23.3. The normalized spacial score (nSPS) is 18.0. The maximum Gasteiger partial charge on any atom is 0.251 e. The zero-order valence-corrected chi connectivity index (χ0v) is 32.6. The first kappa shape index (κ1) is 44.7. The van der Waals surface area contributed by atoms with Gasteiger partial charge in [0.05, 0.1) is 18.8 Å². The highest BCUT2D eigenvalue weighted by Crippen LogP contribution is 2.28. The van der Waals surface area contributed by atoms with Crippen molar-refractivity contribution in [2.24, 2.45) is 11.5 Å². The van der Waals surface area contributed by atoms with Crippen LogP contribution in [0.15, 0.2) is 48.5 Å². The number of amides is 5. The van der Waals surface area contributed by atoms with Crippen LogP contribution >= 0.6 is 0 Å². The minimum Gasteiger partial charge on any atom is -0.391 e. The topological polar surface area (TPSA) is 247 Å². The molecule has 15 nitrogen and oxygen atoms in total. The summed E-state index contributed by atoms with van der Waals surface area (Å²) in [5.74, 6) is -3.75. The number of rotatable bonds is 23. The Kier molecular flexibility index (Phi) is 17.4. The lowest BCUT2D eigenvalue weighted by molar-refractivity contribution is -0.136. The first-order valence-electron chi connectivity index (χ1n) is 19.1.